The molecule has 1 aromatic rings. The van der Waals surface area contributed by atoms with Crippen LogP contribution in [0.4, 0.5) is 11.1 Å². The van der Waals surface area contributed by atoms with Gasteiger partial charge in [-0.25, -0.2) is 0 Å². The molecule has 1 unspecified atom stereocenters. The number of fused-ring (bicyclic) bond motifs is 1. The highest BCUT2D eigenvalue weighted by molar-refractivity contribution is 7.09. The van der Waals surface area contributed by atoms with E-state index in [1.807, 2.05) is 4.90 Å². The quantitative estimate of drug-likeness (QED) is 0.742. The molecule has 0 spiro atoms. The van der Waals surface area contributed by atoms with Crippen LogP contribution in [0.1, 0.15) is 12.8 Å². The van der Waals surface area contributed by atoms with Gasteiger partial charge in [-0.1, -0.05) is 0 Å². The first kappa shape index (κ1) is 9.83. The fourth-order valence-electron chi connectivity index (χ4n) is 2.39. The van der Waals surface area contributed by atoms with Gasteiger partial charge < -0.3 is 15.5 Å². The third-order valence-corrected chi connectivity index (χ3v) is 3.99. The number of aromatic nitrogens is 2. The summed E-state index contributed by atoms with van der Waals surface area (Å²) in [6.45, 7) is 2.49. The van der Waals surface area contributed by atoms with E-state index < -0.39 is 0 Å². The molecule has 0 aromatic carbocycles. The second-order valence-electron chi connectivity index (χ2n) is 4.16. The molecule has 1 amide bonds. The smallest absolute Gasteiger partial charge is 0.233 e. The number of hydrogen-bond donors (Lipinski definition) is 1. The average molecular weight is 239 g/mol. The number of hydrogen-bond acceptors (Lipinski definition) is 6. The van der Waals surface area contributed by atoms with Crippen LogP contribution in [-0.4, -0.2) is 45.8 Å². The fraction of sp³-hybridized carbons (Fsp3) is 0.667. The van der Waals surface area contributed by atoms with Gasteiger partial charge >= 0.3 is 0 Å². The third-order valence-electron chi connectivity index (χ3n) is 3.20. The second-order valence-corrected chi connectivity index (χ2v) is 4.89. The highest BCUT2D eigenvalue weighted by Crippen LogP contribution is 2.27. The molecular formula is C9H13N5OS. The van der Waals surface area contributed by atoms with Gasteiger partial charge in [0.2, 0.25) is 17.0 Å². The van der Waals surface area contributed by atoms with Crippen molar-refractivity contribution in [2.24, 2.45) is 0 Å². The van der Waals surface area contributed by atoms with Gasteiger partial charge in [0.25, 0.3) is 0 Å². The molecule has 1 aromatic heterocycles. The van der Waals surface area contributed by atoms with Crippen molar-refractivity contribution in [1.82, 2.24) is 14.3 Å². The highest BCUT2D eigenvalue weighted by Gasteiger charge is 2.36. The van der Waals surface area contributed by atoms with Gasteiger partial charge in [-0.15, -0.1) is 0 Å². The number of rotatable bonds is 1. The zero-order valence-corrected chi connectivity index (χ0v) is 9.61. The van der Waals surface area contributed by atoms with E-state index in [1.165, 1.54) is 11.5 Å². The van der Waals surface area contributed by atoms with E-state index in [1.54, 1.807) is 0 Å². The highest BCUT2D eigenvalue weighted by atomic mass is 32.1. The van der Waals surface area contributed by atoms with Crippen LogP contribution in [0.15, 0.2) is 0 Å². The molecule has 0 bridgehead atoms. The molecular weight excluding hydrogens is 226 g/mol. The lowest BCUT2D eigenvalue weighted by molar-refractivity contribution is -0.129. The normalized spacial score (nSPS) is 25.0. The summed E-state index contributed by atoms with van der Waals surface area (Å²) in [5, 5.41) is 0.872. The number of carbonyl (C=O) groups excluding carboxylic acids is 1. The van der Waals surface area contributed by atoms with Crippen molar-refractivity contribution in [1.29, 1.82) is 0 Å². The summed E-state index contributed by atoms with van der Waals surface area (Å²) in [6.07, 6.45) is 1.65. The van der Waals surface area contributed by atoms with E-state index in [4.69, 9.17) is 5.73 Å². The molecule has 1 atom stereocenters. The van der Waals surface area contributed by atoms with E-state index in [0.717, 1.165) is 31.2 Å². The van der Waals surface area contributed by atoms with Gasteiger partial charge in [0.1, 0.15) is 0 Å². The lowest BCUT2D eigenvalue weighted by Crippen LogP contribution is -2.51. The van der Waals surface area contributed by atoms with Crippen LogP contribution in [-0.2, 0) is 4.79 Å². The molecule has 2 saturated heterocycles. The Kier molecular flexibility index (Phi) is 2.20. The Morgan fingerprint density at radius 1 is 1.44 bits per heavy atom. The van der Waals surface area contributed by atoms with Gasteiger partial charge in [0.15, 0.2) is 0 Å². The largest absolute Gasteiger partial charge is 0.367 e. The van der Waals surface area contributed by atoms with Crippen LogP contribution in [0.5, 0.6) is 0 Å². The van der Waals surface area contributed by atoms with Crippen LogP contribution in [0, 0.1) is 0 Å². The maximum atomic E-state index is 11.5. The lowest BCUT2D eigenvalue weighted by Gasteiger charge is -2.37. The summed E-state index contributed by atoms with van der Waals surface area (Å²) < 4.78 is 3.98. The molecule has 2 fully saturated rings. The lowest BCUT2D eigenvalue weighted by atomic mass is 10.2. The van der Waals surface area contributed by atoms with Crippen molar-refractivity contribution in [2.45, 2.75) is 18.9 Å². The fourth-order valence-corrected chi connectivity index (χ4v) is 3.02. The molecule has 86 valence electrons. The van der Waals surface area contributed by atoms with E-state index >= 15 is 0 Å². The van der Waals surface area contributed by atoms with Gasteiger partial charge in [0, 0.05) is 43.6 Å². The summed E-state index contributed by atoms with van der Waals surface area (Å²) in [4.78, 5) is 19.9. The van der Waals surface area contributed by atoms with Gasteiger partial charge in [-0.3, -0.25) is 4.79 Å². The molecule has 0 radical (unpaired) electrons. The Labute approximate surface area is 97.2 Å². The number of nitrogens with zero attached hydrogens (tertiary/aromatic N) is 4. The number of anilines is 2. The molecule has 0 saturated carbocycles. The van der Waals surface area contributed by atoms with Crippen molar-refractivity contribution < 1.29 is 4.79 Å². The maximum Gasteiger partial charge on any atom is 0.233 e. The number of nitrogens with two attached hydrogens (primary N) is 1. The molecule has 16 heavy (non-hydrogen) atoms. The zero-order chi connectivity index (χ0) is 11.1. The Morgan fingerprint density at radius 2 is 2.31 bits per heavy atom. The topological polar surface area (TPSA) is 75.3 Å². The summed E-state index contributed by atoms with van der Waals surface area (Å²) in [5.74, 6) is 0.631. The first-order chi connectivity index (χ1) is 7.74. The number of amides is 1. The summed E-state index contributed by atoms with van der Waals surface area (Å²) in [7, 11) is 0. The average Bonchev–Trinajstić information content (AvgIpc) is 2.86. The van der Waals surface area contributed by atoms with Crippen molar-refractivity contribution >= 4 is 28.5 Å². The molecule has 3 heterocycles. The van der Waals surface area contributed by atoms with Gasteiger partial charge in [0.05, 0.1) is 0 Å². The third kappa shape index (κ3) is 1.51. The number of piperazine rings is 1. The maximum absolute atomic E-state index is 11.5. The Morgan fingerprint density at radius 3 is 3.06 bits per heavy atom. The van der Waals surface area contributed by atoms with Crippen molar-refractivity contribution in [3.8, 4) is 0 Å². The van der Waals surface area contributed by atoms with E-state index in [2.05, 4.69) is 14.3 Å². The minimum absolute atomic E-state index is 0.293. The summed E-state index contributed by atoms with van der Waals surface area (Å²) in [6, 6.07) is 0.353. The number of carbonyl (C=O) groups is 1. The molecule has 6 nitrogen and oxygen atoms in total. The first-order valence-electron chi connectivity index (χ1n) is 5.37. The Hall–Kier alpha value is -1.37. The van der Waals surface area contributed by atoms with Crippen molar-refractivity contribution in [3.05, 3.63) is 0 Å². The van der Waals surface area contributed by atoms with Crippen LogP contribution < -0.4 is 10.6 Å². The van der Waals surface area contributed by atoms with Gasteiger partial charge in [-0.2, -0.15) is 9.36 Å². The monoisotopic (exact) mass is 239 g/mol. The standard InChI is InChI=1S/C9H13N5OS/c10-8-11-9(16-12-8)13-3-4-14-6(5-13)1-2-7(14)15/h6H,1-5H2,(H2,10,12). The summed E-state index contributed by atoms with van der Waals surface area (Å²) >= 11 is 1.33. The van der Waals surface area contributed by atoms with E-state index in [-0.39, 0.29) is 0 Å². The first-order valence-corrected chi connectivity index (χ1v) is 6.15. The Balaban J connectivity index is 1.75. The predicted molar refractivity (Wildman–Crippen MR) is 61.3 cm³/mol. The van der Waals surface area contributed by atoms with Crippen molar-refractivity contribution in [2.75, 3.05) is 30.3 Å². The predicted octanol–water partition coefficient (Wildman–Crippen LogP) is -0.0687. The molecule has 0 aliphatic carbocycles. The van der Waals surface area contributed by atoms with Gasteiger partial charge in [-0.05, 0) is 6.42 Å². The van der Waals surface area contributed by atoms with Crippen molar-refractivity contribution in [3.63, 3.8) is 0 Å². The molecule has 2 aliphatic rings. The van der Waals surface area contributed by atoms with Crippen LogP contribution >= 0.6 is 11.5 Å². The SMILES string of the molecule is Nc1nsc(N2CCN3C(=O)CCC3C2)n1. The van der Waals surface area contributed by atoms with Crippen LogP contribution in [0.3, 0.4) is 0 Å². The Bertz CT molecular complexity index is 420. The molecule has 7 heteroatoms. The minimum atomic E-state index is 0.293. The second kappa shape index (κ2) is 3.58. The zero-order valence-electron chi connectivity index (χ0n) is 8.80. The van der Waals surface area contributed by atoms with E-state index in [9.17, 15) is 4.79 Å². The molecule has 2 N–H and O–H groups in total. The minimum Gasteiger partial charge on any atom is -0.367 e. The van der Waals surface area contributed by atoms with Crippen LogP contribution in [0.2, 0.25) is 0 Å². The van der Waals surface area contributed by atoms with Crippen LogP contribution in [0.25, 0.3) is 0 Å². The molecule has 2 aliphatic heterocycles. The number of nitrogen functional groups attached to an aromatic ring is 1. The molecule has 3 rings (SSSR count). The summed E-state index contributed by atoms with van der Waals surface area (Å²) in [5.41, 5.74) is 5.51. The van der Waals surface area contributed by atoms with E-state index in [0.29, 0.717) is 24.3 Å².